The molecule has 2 fully saturated rings. The Morgan fingerprint density at radius 3 is 2.72 bits per heavy atom. The fourth-order valence-electron chi connectivity index (χ4n) is 3.92. The van der Waals surface area contributed by atoms with Crippen molar-refractivity contribution < 1.29 is 14.2 Å². The second-order valence-corrected chi connectivity index (χ2v) is 7.78. The number of nitrogens with zero attached hydrogens (tertiary/aromatic N) is 2. The van der Waals surface area contributed by atoms with Crippen LogP contribution in [0.15, 0.2) is 23.2 Å². The fourth-order valence-corrected chi connectivity index (χ4v) is 3.92. The molecule has 1 aliphatic heterocycles. The van der Waals surface area contributed by atoms with Gasteiger partial charge in [0.15, 0.2) is 5.96 Å². The van der Waals surface area contributed by atoms with Crippen molar-refractivity contribution in [2.45, 2.75) is 51.7 Å². The Bertz CT molecular complexity index is 644. The molecule has 7 heteroatoms. The van der Waals surface area contributed by atoms with Crippen LogP contribution >= 0.6 is 24.0 Å². The first-order valence-corrected chi connectivity index (χ1v) is 10.6. The van der Waals surface area contributed by atoms with E-state index in [1.54, 1.807) is 7.11 Å². The first kappa shape index (κ1) is 24.1. The van der Waals surface area contributed by atoms with E-state index < -0.39 is 0 Å². The monoisotopic (exact) mass is 517 g/mol. The van der Waals surface area contributed by atoms with Gasteiger partial charge in [0.1, 0.15) is 11.5 Å². The van der Waals surface area contributed by atoms with Crippen LogP contribution in [0.25, 0.3) is 0 Å². The molecule has 0 aromatic heterocycles. The molecule has 1 atom stereocenters. The summed E-state index contributed by atoms with van der Waals surface area (Å²) in [7, 11) is 3.79. The lowest BCUT2D eigenvalue weighted by atomic mass is 10.1. The topological polar surface area (TPSA) is 55.3 Å². The van der Waals surface area contributed by atoms with Gasteiger partial charge in [-0.3, -0.25) is 0 Å². The molecule has 0 radical (unpaired) electrons. The maximum absolute atomic E-state index is 6.31. The summed E-state index contributed by atoms with van der Waals surface area (Å²) in [6.45, 7) is 6.21. The van der Waals surface area contributed by atoms with Crippen LogP contribution in [0.2, 0.25) is 0 Å². The largest absolute Gasteiger partial charge is 0.497 e. The number of halogens is 1. The third-order valence-electron chi connectivity index (χ3n) is 5.52. The molecule has 164 valence electrons. The van der Waals surface area contributed by atoms with E-state index in [1.165, 1.54) is 12.8 Å². The molecule has 2 aliphatic rings. The van der Waals surface area contributed by atoms with Crippen molar-refractivity contribution in [3.05, 3.63) is 23.8 Å². The van der Waals surface area contributed by atoms with Crippen molar-refractivity contribution >= 4 is 29.9 Å². The molecular formula is C22H36IN3O3. The van der Waals surface area contributed by atoms with Gasteiger partial charge < -0.3 is 24.4 Å². The van der Waals surface area contributed by atoms with E-state index in [-0.39, 0.29) is 24.0 Å². The van der Waals surface area contributed by atoms with Crippen LogP contribution in [0.5, 0.6) is 11.5 Å². The molecule has 1 aromatic rings. The third kappa shape index (κ3) is 7.20. The fraction of sp³-hybridized carbons (Fsp3) is 0.682. The lowest BCUT2D eigenvalue weighted by Crippen LogP contribution is -2.41. The van der Waals surface area contributed by atoms with E-state index >= 15 is 0 Å². The van der Waals surface area contributed by atoms with E-state index in [9.17, 15) is 0 Å². The van der Waals surface area contributed by atoms with Crippen molar-refractivity contribution in [2.75, 3.05) is 40.5 Å². The molecule has 6 nitrogen and oxygen atoms in total. The summed E-state index contributed by atoms with van der Waals surface area (Å²) in [5.41, 5.74) is 1.10. The zero-order valence-corrected chi connectivity index (χ0v) is 20.3. The van der Waals surface area contributed by atoms with Crippen LogP contribution in [0.1, 0.15) is 44.6 Å². The van der Waals surface area contributed by atoms with Crippen molar-refractivity contribution in [2.24, 2.45) is 10.9 Å². The van der Waals surface area contributed by atoms with Gasteiger partial charge in [0, 0.05) is 44.3 Å². The van der Waals surface area contributed by atoms with Crippen LogP contribution < -0.4 is 14.8 Å². The molecule has 1 aliphatic carbocycles. The van der Waals surface area contributed by atoms with Gasteiger partial charge in [0.2, 0.25) is 0 Å². The molecule has 1 saturated carbocycles. The third-order valence-corrected chi connectivity index (χ3v) is 5.52. The predicted octanol–water partition coefficient (Wildman–Crippen LogP) is 4.07. The predicted molar refractivity (Wildman–Crippen MR) is 128 cm³/mol. The number of methoxy groups -OCH3 is 1. The van der Waals surface area contributed by atoms with Crippen LogP contribution in [0.4, 0.5) is 0 Å². The normalized spacial score (nSPS) is 19.7. The second-order valence-electron chi connectivity index (χ2n) is 7.78. The highest BCUT2D eigenvalue weighted by molar-refractivity contribution is 14.0. The minimum atomic E-state index is 0. The Kier molecular flexibility index (Phi) is 10.3. The SMILES string of the molecule is CCNC(=NCc1ccc(OC)cc1OC1CCCC1)N(C)CC1CCOC1.I. The van der Waals surface area contributed by atoms with Crippen molar-refractivity contribution in [1.29, 1.82) is 0 Å². The van der Waals surface area contributed by atoms with Crippen LogP contribution in [0.3, 0.4) is 0 Å². The van der Waals surface area contributed by atoms with Crippen LogP contribution in [-0.4, -0.2) is 57.4 Å². The van der Waals surface area contributed by atoms with E-state index in [4.69, 9.17) is 19.2 Å². The smallest absolute Gasteiger partial charge is 0.193 e. The maximum Gasteiger partial charge on any atom is 0.193 e. The average molecular weight is 517 g/mol. The molecule has 3 rings (SSSR count). The lowest BCUT2D eigenvalue weighted by Gasteiger charge is -2.24. The Morgan fingerprint density at radius 2 is 2.07 bits per heavy atom. The van der Waals surface area contributed by atoms with Crippen molar-refractivity contribution in [1.82, 2.24) is 10.2 Å². The highest BCUT2D eigenvalue weighted by atomic mass is 127. The van der Waals surface area contributed by atoms with Gasteiger partial charge in [-0.25, -0.2) is 4.99 Å². The number of rotatable bonds is 8. The number of nitrogens with one attached hydrogen (secondary N) is 1. The minimum absolute atomic E-state index is 0. The summed E-state index contributed by atoms with van der Waals surface area (Å²) in [4.78, 5) is 7.10. The molecule has 29 heavy (non-hydrogen) atoms. The Hall–Kier alpha value is -1.22. The molecule has 1 aromatic carbocycles. The number of ether oxygens (including phenoxy) is 3. The molecule has 0 amide bonds. The van der Waals surface area contributed by atoms with E-state index in [2.05, 4.69) is 30.3 Å². The minimum Gasteiger partial charge on any atom is -0.497 e. The van der Waals surface area contributed by atoms with Gasteiger partial charge in [-0.1, -0.05) is 0 Å². The van der Waals surface area contributed by atoms with E-state index in [0.29, 0.717) is 18.6 Å². The van der Waals surface area contributed by atoms with Crippen molar-refractivity contribution in [3.63, 3.8) is 0 Å². The van der Waals surface area contributed by atoms with Crippen LogP contribution in [0, 0.1) is 5.92 Å². The number of benzene rings is 1. The van der Waals surface area contributed by atoms with E-state index in [1.807, 2.05) is 12.1 Å². The Labute approximate surface area is 192 Å². The summed E-state index contributed by atoms with van der Waals surface area (Å²) in [6, 6.07) is 6.05. The average Bonchev–Trinajstić information content (AvgIpc) is 3.40. The molecule has 1 heterocycles. The van der Waals surface area contributed by atoms with Gasteiger partial charge in [0.25, 0.3) is 0 Å². The van der Waals surface area contributed by atoms with Gasteiger partial charge in [-0.15, -0.1) is 24.0 Å². The summed E-state index contributed by atoms with van der Waals surface area (Å²) in [5, 5.41) is 3.41. The van der Waals surface area contributed by atoms with Gasteiger partial charge in [-0.2, -0.15) is 0 Å². The highest BCUT2D eigenvalue weighted by Gasteiger charge is 2.20. The Balaban J connectivity index is 0.00000300. The Morgan fingerprint density at radius 1 is 1.28 bits per heavy atom. The maximum atomic E-state index is 6.31. The van der Waals surface area contributed by atoms with Crippen LogP contribution in [-0.2, 0) is 11.3 Å². The summed E-state index contributed by atoms with van der Waals surface area (Å²) in [5.74, 6) is 3.23. The molecule has 1 saturated heterocycles. The second kappa shape index (κ2) is 12.5. The van der Waals surface area contributed by atoms with Gasteiger partial charge >= 0.3 is 0 Å². The first-order valence-electron chi connectivity index (χ1n) is 10.6. The van der Waals surface area contributed by atoms with E-state index in [0.717, 1.165) is 68.6 Å². The number of hydrogen-bond acceptors (Lipinski definition) is 4. The molecule has 0 bridgehead atoms. The standard InChI is InChI=1S/C22H35N3O3.HI/c1-4-23-22(25(2)15-17-11-12-27-16-17)24-14-18-9-10-20(26-3)13-21(18)28-19-7-5-6-8-19;/h9-10,13,17,19H,4-8,11-12,14-16H2,1-3H3,(H,23,24);1H. The van der Waals surface area contributed by atoms with Gasteiger partial charge in [-0.05, 0) is 51.2 Å². The summed E-state index contributed by atoms with van der Waals surface area (Å²) < 4.78 is 17.2. The molecule has 0 spiro atoms. The van der Waals surface area contributed by atoms with Gasteiger partial charge in [0.05, 0.1) is 26.4 Å². The molecular weight excluding hydrogens is 481 g/mol. The molecule has 1 N–H and O–H groups in total. The molecule has 1 unspecified atom stereocenters. The van der Waals surface area contributed by atoms with Crippen molar-refractivity contribution in [3.8, 4) is 11.5 Å². The number of guanidine groups is 1. The summed E-state index contributed by atoms with van der Waals surface area (Å²) >= 11 is 0. The zero-order chi connectivity index (χ0) is 19.8. The first-order chi connectivity index (χ1) is 13.7. The lowest BCUT2D eigenvalue weighted by molar-refractivity contribution is 0.181. The number of aliphatic imine (C=N–C) groups is 1. The number of hydrogen-bond donors (Lipinski definition) is 1. The highest BCUT2D eigenvalue weighted by Crippen LogP contribution is 2.30. The quantitative estimate of drug-likeness (QED) is 0.320. The summed E-state index contributed by atoms with van der Waals surface area (Å²) in [6.07, 6.45) is 6.21. The zero-order valence-electron chi connectivity index (χ0n) is 18.0.